The Bertz CT molecular complexity index is 826. The second kappa shape index (κ2) is 16.2. The molecule has 1 aromatic carbocycles. The van der Waals surface area contributed by atoms with Gasteiger partial charge in [-0.05, 0) is 38.8 Å². The molecule has 32 heavy (non-hydrogen) atoms. The third-order valence-corrected chi connectivity index (χ3v) is 3.87. The highest BCUT2D eigenvalue weighted by Gasteiger charge is 2.23. The van der Waals surface area contributed by atoms with E-state index < -0.39 is 17.9 Å². The van der Waals surface area contributed by atoms with Crippen molar-refractivity contribution in [2.45, 2.75) is 52.7 Å². The number of pyridine rings is 1. The lowest BCUT2D eigenvalue weighted by Crippen LogP contribution is -2.41. The van der Waals surface area contributed by atoms with Crippen LogP contribution in [-0.4, -0.2) is 46.3 Å². The molecule has 1 amide bonds. The number of aromatic nitrogens is 1. The van der Waals surface area contributed by atoms with E-state index in [0.29, 0.717) is 12.2 Å². The van der Waals surface area contributed by atoms with Gasteiger partial charge in [0.2, 0.25) is 0 Å². The second-order valence-corrected chi connectivity index (χ2v) is 6.35. The van der Waals surface area contributed by atoms with Gasteiger partial charge < -0.3 is 25.0 Å². The van der Waals surface area contributed by atoms with Crippen molar-refractivity contribution in [2.75, 3.05) is 7.11 Å². The first-order chi connectivity index (χ1) is 15.3. The maximum atomic E-state index is 12.1. The zero-order valence-electron chi connectivity index (χ0n) is 19.4. The SMILES string of the molecule is C=CCCC(C)OC(=O)[C@H](C)NC(=O)c1nccc(OC)c1O.CC.Oc1ccccc1. The van der Waals surface area contributed by atoms with E-state index in [9.17, 15) is 14.7 Å². The Kier molecular flexibility index (Phi) is 14.4. The molecule has 8 heteroatoms. The minimum absolute atomic E-state index is 0.124. The van der Waals surface area contributed by atoms with Crippen LogP contribution in [0.2, 0.25) is 0 Å². The van der Waals surface area contributed by atoms with Crippen LogP contribution >= 0.6 is 0 Å². The zero-order valence-corrected chi connectivity index (χ0v) is 19.4. The number of hydrogen-bond donors (Lipinski definition) is 3. The number of ether oxygens (including phenoxy) is 2. The standard InChI is InChI=1S/C16H22N2O5.C6H6O.C2H6/c1-5-6-7-10(2)23-16(21)11(3)18-15(20)13-14(19)12(22-4)8-9-17-13;7-6-4-2-1-3-5-6;1-2/h5,8-11,19H,1,6-7H2,2-4H3,(H,18,20);1-5,7H;1-2H3/t10?,11-;;/m0../s1. The average molecular weight is 447 g/mol. The monoisotopic (exact) mass is 446 g/mol. The normalized spacial score (nSPS) is 11.3. The highest BCUT2D eigenvalue weighted by Crippen LogP contribution is 2.27. The van der Waals surface area contributed by atoms with E-state index in [0.717, 1.165) is 6.42 Å². The number of nitrogens with zero attached hydrogens (tertiary/aromatic N) is 1. The van der Waals surface area contributed by atoms with Gasteiger partial charge in [-0.25, -0.2) is 9.78 Å². The molecule has 1 aromatic heterocycles. The number of esters is 1. The molecule has 0 bridgehead atoms. The molecule has 1 heterocycles. The molecule has 1 unspecified atom stereocenters. The fourth-order valence-corrected chi connectivity index (χ4v) is 2.23. The number of rotatable bonds is 8. The van der Waals surface area contributed by atoms with Crippen molar-refractivity contribution in [3.63, 3.8) is 0 Å². The largest absolute Gasteiger partial charge is 0.508 e. The van der Waals surface area contributed by atoms with Gasteiger partial charge in [-0.2, -0.15) is 0 Å². The second-order valence-electron chi connectivity index (χ2n) is 6.35. The number of para-hydroxylation sites is 1. The molecule has 0 saturated carbocycles. The van der Waals surface area contributed by atoms with Gasteiger partial charge in [0.05, 0.1) is 13.2 Å². The van der Waals surface area contributed by atoms with Crippen LogP contribution in [-0.2, 0) is 9.53 Å². The minimum Gasteiger partial charge on any atom is -0.508 e. The molecule has 2 atom stereocenters. The van der Waals surface area contributed by atoms with E-state index in [1.54, 1.807) is 37.3 Å². The maximum absolute atomic E-state index is 12.1. The number of allylic oxidation sites excluding steroid dienone is 1. The van der Waals surface area contributed by atoms with E-state index in [1.807, 2.05) is 19.9 Å². The van der Waals surface area contributed by atoms with E-state index in [4.69, 9.17) is 14.6 Å². The van der Waals surface area contributed by atoms with Gasteiger partial charge >= 0.3 is 5.97 Å². The molecule has 0 aliphatic heterocycles. The molecule has 0 aliphatic rings. The van der Waals surface area contributed by atoms with Gasteiger partial charge in [-0.3, -0.25) is 4.79 Å². The first-order valence-electron chi connectivity index (χ1n) is 10.4. The number of nitrogens with one attached hydrogen (secondary N) is 1. The van der Waals surface area contributed by atoms with E-state index in [1.165, 1.54) is 26.3 Å². The Hall–Kier alpha value is -3.55. The van der Waals surface area contributed by atoms with Crippen molar-refractivity contribution in [3.05, 3.63) is 60.9 Å². The number of benzene rings is 1. The fourth-order valence-electron chi connectivity index (χ4n) is 2.23. The summed E-state index contributed by atoms with van der Waals surface area (Å²) >= 11 is 0. The van der Waals surface area contributed by atoms with Crippen LogP contribution in [0.5, 0.6) is 17.2 Å². The average Bonchev–Trinajstić information content (AvgIpc) is 2.80. The molecule has 0 radical (unpaired) electrons. The number of amides is 1. The quantitative estimate of drug-likeness (QED) is 0.410. The topological polar surface area (TPSA) is 118 Å². The highest BCUT2D eigenvalue weighted by atomic mass is 16.5. The van der Waals surface area contributed by atoms with E-state index >= 15 is 0 Å². The third-order valence-electron chi connectivity index (χ3n) is 3.87. The summed E-state index contributed by atoms with van der Waals surface area (Å²) in [5.74, 6) is -1.18. The first-order valence-corrected chi connectivity index (χ1v) is 10.4. The summed E-state index contributed by atoms with van der Waals surface area (Å²) in [5.41, 5.74) is -0.219. The van der Waals surface area contributed by atoms with Crippen LogP contribution in [0.4, 0.5) is 0 Å². The molecule has 2 aromatic rings. The van der Waals surface area contributed by atoms with Gasteiger partial charge in [-0.15, -0.1) is 6.58 Å². The summed E-state index contributed by atoms with van der Waals surface area (Å²) in [6.07, 6.45) is 4.19. The lowest BCUT2D eigenvalue weighted by molar-refractivity contribution is -0.150. The van der Waals surface area contributed by atoms with Crippen molar-refractivity contribution in [2.24, 2.45) is 0 Å². The smallest absolute Gasteiger partial charge is 0.328 e. The number of phenols is 1. The van der Waals surface area contributed by atoms with Gasteiger partial charge in [0.1, 0.15) is 11.8 Å². The Balaban J connectivity index is 0.000000889. The molecule has 8 nitrogen and oxygen atoms in total. The number of methoxy groups -OCH3 is 1. The number of aromatic hydroxyl groups is 2. The van der Waals surface area contributed by atoms with Crippen LogP contribution in [0.1, 0.15) is 51.0 Å². The van der Waals surface area contributed by atoms with Crippen molar-refractivity contribution in [1.29, 1.82) is 0 Å². The predicted molar refractivity (Wildman–Crippen MR) is 124 cm³/mol. The summed E-state index contributed by atoms with van der Waals surface area (Å²) in [4.78, 5) is 27.8. The van der Waals surface area contributed by atoms with Crippen LogP contribution in [0.15, 0.2) is 55.3 Å². The third kappa shape index (κ3) is 10.5. The Morgan fingerprint density at radius 2 is 1.78 bits per heavy atom. The number of hydrogen-bond acceptors (Lipinski definition) is 7. The van der Waals surface area contributed by atoms with E-state index in [-0.39, 0.29) is 23.3 Å². The van der Waals surface area contributed by atoms with Crippen molar-refractivity contribution in [1.82, 2.24) is 10.3 Å². The van der Waals surface area contributed by atoms with Crippen LogP contribution in [0, 0.1) is 0 Å². The summed E-state index contributed by atoms with van der Waals surface area (Å²) in [7, 11) is 1.36. The van der Waals surface area contributed by atoms with Gasteiger partial charge in [0.15, 0.2) is 17.2 Å². The van der Waals surface area contributed by atoms with Crippen LogP contribution in [0.25, 0.3) is 0 Å². The van der Waals surface area contributed by atoms with E-state index in [2.05, 4.69) is 16.9 Å². The molecule has 2 rings (SSSR count). The Labute approximate surface area is 189 Å². The van der Waals surface area contributed by atoms with Crippen molar-refractivity contribution < 1.29 is 29.3 Å². The van der Waals surface area contributed by atoms with Crippen molar-refractivity contribution >= 4 is 11.9 Å². The Morgan fingerprint density at radius 3 is 2.28 bits per heavy atom. The maximum Gasteiger partial charge on any atom is 0.328 e. The van der Waals surface area contributed by atoms with Gasteiger partial charge in [0, 0.05) is 12.3 Å². The molecule has 0 spiro atoms. The molecule has 0 aliphatic carbocycles. The molecule has 176 valence electrons. The molecule has 0 saturated heterocycles. The summed E-state index contributed by atoms with van der Waals surface area (Å²) < 4.78 is 10.1. The lowest BCUT2D eigenvalue weighted by Gasteiger charge is -2.17. The zero-order chi connectivity index (χ0) is 24.5. The van der Waals surface area contributed by atoms with Crippen molar-refractivity contribution in [3.8, 4) is 17.2 Å². The fraction of sp³-hybridized carbons (Fsp3) is 0.375. The summed E-state index contributed by atoms with van der Waals surface area (Å²) in [6, 6.07) is 9.26. The van der Waals surface area contributed by atoms with Gasteiger partial charge in [0.25, 0.3) is 5.91 Å². The minimum atomic E-state index is -0.874. The number of carbonyl (C=O) groups excluding carboxylic acids is 2. The first kappa shape index (κ1) is 28.5. The molecule has 3 N–H and O–H groups in total. The summed E-state index contributed by atoms with van der Waals surface area (Å²) in [6.45, 7) is 10.9. The molecular weight excluding hydrogens is 412 g/mol. The lowest BCUT2D eigenvalue weighted by atomic mass is 10.2. The van der Waals surface area contributed by atoms with Crippen LogP contribution < -0.4 is 10.1 Å². The highest BCUT2D eigenvalue weighted by molar-refractivity contribution is 5.97. The van der Waals surface area contributed by atoms with Crippen LogP contribution in [0.3, 0.4) is 0 Å². The number of phenolic OH excluding ortho intramolecular Hbond substituents is 1. The molecular formula is C24H34N2O6. The van der Waals surface area contributed by atoms with Gasteiger partial charge in [-0.1, -0.05) is 38.1 Å². The molecule has 0 fully saturated rings. The predicted octanol–water partition coefficient (Wildman–Crippen LogP) is 4.23. The Morgan fingerprint density at radius 1 is 1.16 bits per heavy atom. The number of carbonyl (C=O) groups is 2. The summed E-state index contributed by atoms with van der Waals surface area (Å²) in [5, 5.41) is 20.9.